The molecule has 0 radical (unpaired) electrons. The Morgan fingerprint density at radius 1 is 1.28 bits per heavy atom. The third-order valence-corrected chi connectivity index (χ3v) is 3.66. The van der Waals surface area contributed by atoms with E-state index in [1.165, 1.54) is 0 Å². The maximum atomic E-state index is 11.4. The Labute approximate surface area is 108 Å². The first-order valence-electron chi connectivity index (χ1n) is 6.30. The van der Waals surface area contributed by atoms with Gasteiger partial charge >= 0.3 is 5.97 Å². The SMILES string of the molecule is CN(C)[C@@H]1CC[C@@H](C(=O)O)N(c2ccccc2)C1. The Morgan fingerprint density at radius 2 is 1.94 bits per heavy atom. The average molecular weight is 248 g/mol. The topological polar surface area (TPSA) is 43.8 Å². The van der Waals surface area contributed by atoms with Crippen molar-refractivity contribution in [1.82, 2.24) is 4.90 Å². The zero-order chi connectivity index (χ0) is 13.1. The quantitative estimate of drug-likeness (QED) is 0.883. The fourth-order valence-corrected chi connectivity index (χ4v) is 2.53. The number of hydrogen-bond acceptors (Lipinski definition) is 3. The number of anilines is 1. The van der Waals surface area contributed by atoms with Gasteiger partial charge in [-0.2, -0.15) is 0 Å². The molecule has 0 saturated carbocycles. The van der Waals surface area contributed by atoms with E-state index in [-0.39, 0.29) is 0 Å². The van der Waals surface area contributed by atoms with E-state index < -0.39 is 12.0 Å². The summed E-state index contributed by atoms with van der Waals surface area (Å²) in [6.07, 6.45) is 1.64. The second-order valence-corrected chi connectivity index (χ2v) is 5.04. The lowest BCUT2D eigenvalue weighted by Crippen LogP contribution is -2.53. The summed E-state index contributed by atoms with van der Waals surface area (Å²) in [5.41, 5.74) is 0.997. The smallest absolute Gasteiger partial charge is 0.326 e. The summed E-state index contributed by atoms with van der Waals surface area (Å²) in [5, 5.41) is 9.34. The highest BCUT2D eigenvalue weighted by atomic mass is 16.4. The Bertz CT molecular complexity index is 406. The molecule has 1 aromatic carbocycles. The number of para-hydroxylation sites is 1. The van der Waals surface area contributed by atoms with Crippen LogP contribution in [0.3, 0.4) is 0 Å². The lowest BCUT2D eigenvalue weighted by Gasteiger charge is -2.41. The summed E-state index contributed by atoms with van der Waals surface area (Å²) >= 11 is 0. The predicted molar refractivity (Wildman–Crippen MR) is 71.9 cm³/mol. The van der Waals surface area contributed by atoms with Gasteiger partial charge in [-0.15, -0.1) is 0 Å². The van der Waals surface area contributed by atoms with E-state index in [1.807, 2.05) is 35.2 Å². The highest BCUT2D eigenvalue weighted by Crippen LogP contribution is 2.26. The van der Waals surface area contributed by atoms with E-state index in [0.717, 1.165) is 18.7 Å². The second kappa shape index (κ2) is 5.40. The van der Waals surface area contributed by atoms with Crippen LogP contribution < -0.4 is 4.90 Å². The van der Waals surface area contributed by atoms with Gasteiger partial charge in [-0.3, -0.25) is 0 Å². The molecular formula is C14H20N2O2. The van der Waals surface area contributed by atoms with E-state index >= 15 is 0 Å². The minimum atomic E-state index is -0.726. The van der Waals surface area contributed by atoms with Crippen molar-refractivity contribution in [3.63, 3.8) is 0 Å². The fraction of sp³-hybridized carbons (Fsp3) is 0.500. The van der Waals surface area contributed by atoms with Crippen LogP contribution in [0.2, 0.25) is 0 Å². The summed E-state index contributed by atoms with van der Waals surface area (Å²) < 4.78 is 0. The van der Waals surface area contributed by atoms with E-state index in [4.69, 9.17) is 0 Å². The van der Waals surface area contributed by atoms with E-state index in [9.17, 15) is 9.90 Å². The molecule has 2 rings (SSSR count). The van der Waals surface area contributed by atoms with Crippen molar-refractivity contribution >= 4 is 11.7 Å². The van der Waals surface area contributed by atoms with Gasteiger partial charge in [0.25, 0.3) is 0 Å². The lowest BCUT2D eigenvalue weighted by atomic mass is 9.96. The third-order valence-electron chi connectivity index (χ3n) is 3.66. The number of carboxylic acid groups (broad SMARTS) is 1. The van der Waals surface area contributed by atoms with Gasteiger partial charge < -0.3 is 14.9 Å². The number of piperidine rings is 1. The van der Waals surface area contributed by atoms with Crippen molar-refractivity contribution in [2.24, 2.45) is 0 Å². The summed E-state index contributed by atoms with van der Waals surface area (Å²) in [6, 6.07) is 9.83. The van der Waals surface area contributed by atoms with Gasteiger partial charge in [0.15, 0.2) is 0 Å². The molecule has 4 heteroatoms. The first-order valence-corrected chi connectivity index (χ1v) is 6.30. The molecule has 1 heterocycles. The number of likely N-dealkylation sites (N-methyl/N-ethyl adjacent to an activating group) is 1. The van der Waals surface area contributed by atoms with E-state index in [1.54, 1.807) is 0 Å². The molecule has 18 heavy (non-hydrogen) atoms. The molecule has 0 aromatic heterocycles. The normalized spacial score (nSPS) is 24.3. The van der Waals surface area contributed by atoms with Crippen molar-refractivity contribution in [1.29, 1.82) is 0 Å². The Kier molecular flexibility index (Phi) is 3.87. The van der Waals surface area contributed by atoms with E-state index in [0.29, 0.717) is 12.5 Å². The lowest BCUT2D eigenvalue weighted by molar-refractivity contribution is -0.139. The van der Waals surface area contributed by atoms with Gasteiger partial charge in [0.05, 0.1) is 0 Å². The number of carboxylic acids is 1. The number of rotatable bonds is 3. The molecule has 0 bridgehead atoms. The average Bonchev–Trinajstić information content (AvgIpc) is 2.39. The van der Waals surface area contributed by atoms with Gasteiger partial charge in [0.2, 0.25) is 0 Å². The van der Waals surface area contributed by atoms with Crippen LogP contribution in [0.4, 0.5) is 5.69 Å². The van der Waals surface area contributed by atoms with E-state index in [2.05, 4.69) is 19.0 Å². The van der Waals surface area contributed by atoms with Gasteiger partial charge in [0.1, 0.15) is 6.04 Å². The molecule has 0 amide bonds. The molecule has 1 fully saturated rings. The summed E-state index contributed by atoms with van der Waals surface area (Å²) in [5.74, 6) is -0.726. The molecular weight excluding hydrogens is 228 g/mol. The number of nitrogens with zero attached hydrogens (tertiary/aromatic N) is 2. The first kappa shape index (κ1) is 12.9. The minimum absolute atomic E-state index is 0.399. The van der Waals surface area contributed by atoms with Crippen LogP contribution in [0, 0.1) is 0 Å². The maximum absolute atomic E-state index is 11.4. The molecule has 1 N–H and O–H groups in total. The molecule has 0 aliphatic carbocycles. The highest BCUT2D eigenvalue weighted by molar-refractivity contribution is 5.78. The molecule has 1 aromatic rings. The van der Waals surface area contributed by atoms with Crippen LogP contribution in [-0.4, -0.2) is 48.7 Å². The highest BCUT2D eigenvalue weighted by Gasteiger charge is 2.33. The molecule has 0 spiro atoms. The molecule has 1 saturated heterocycles. The molecule has 1 aliphatic rings. The largest absolute Gasteiger partial charge is 0.480 e. The van der Waals surface area contributed by atoms with Crippen molar-refractivity contribution in [3.05, 3.63) is 30.3 Å². The van der Waals surface area contributed by atoms with Crippen LogP contribution in [0.15, 0.2) is 30.3 Å². The summed E-state index contributed by atoms with van der Waals surface area (Å²) in [7, 11) is 4.10. The number of benzene rings is 1. The van der Waals surface area contributed by atoms with Crippen molar-refractivity contribution < 1.29 is 9.90 Å². The predicted octanol–water partition coefficient (Wildman–Crippen LogP) is 1.67. The molecule has 2 atom stereocenters. The zero-order valence-corrected chi connectivity index (χ0v) is 10.9. The van der Waals surface area contributed by atoms with Gasteiger partial charge in [0, 0.05) is 18.3 Å². The first-order chi connectivity index (χ1) is 8.59. The number of hydrogen-bond donors (Lipinski definition) is 1. The number of carbonyl (C=O) groups is 1. The van der Waals surface area contributed by atoms with Gasteiger partial charge in [-0.1, -0.05) is 18.2 Å². The van der Waals surface area contributed by atoms with Crippen molar-refractivity contribution in [3.8, 4) is 0 Å². The van der Waals surface area contributed by atoms with Crippen molar-refractivity contribution in [2.75, 3.05) is 25.5 Å². The van der Waals surface area contributed by atoms with Crippen LogP contribution >= 0.6 is 0 Å². The van der Waals surface area contributed by atoms with Crippen LogP contribution in [0.1, 0.15) is 12.8 Å². The molecule has 4 nitrogen and oxygen atoms in total. The molecule has 98 valence electrons. The third kappa shape index (κ3) is 2.64. The number of aliphatic carboxylic acids is 1. The second-order valence-electron chi connectivity index (χ2n) is 5.04. The fourth-order valence-electron chi connectivity index (χ4n) is 2.53. The van der Waals surface area contributed by atoms with Gasteiger partial charge in [-0.05, 0) is 39.1 Å². The summed E-state index contributed by atoms with van der Waals surface area (Å²) in [4.78, 5) is 15.5. The molecule has 0 unspecified atom stereocenters. The Hall–Kier alpha value is -1.55. The minimum Gasteiger partial charge on any atom is -0.480 e. The van der Waals surface area contributed by atoms with Crippen LogP contribution in [-0.2, 0) is 4.79 Å². The zero-order valence-electron chi connectivity index (χ0n) is 10.9. The Balaban J connectivity index is 2.23. The summed E-state index contributed by atoms with van der Waals surface area (Å²) in [6.45, 7) is 0.772. The van der Waals surface area contributed by atoms with Gasteiger partial charge in [-0.25, -0.2) is 4.79 Å². The van der Waals surface area contributed by atoms with Crippen molar-refractivity contribution in [2.45, 2.75) is 24.9 Å². The van der Waals surface area contributed by atoms with Crippen LogP contribution in [0.5, 0.6) is 0 Å². The Morgan fingerprint density at radius 3 is 2.50 bits per heavy atom. The maximum Gasteiger partial charge on any atom is 0.326 e. The standard InChI is InChI=1S/C14H20N2O2/c1-15(2)12-8-9-13(14(17)18)16(10-12)11-6-4-3-5-7-11/h3-7,12-13H,8-10H2,1-2H3,(H,17,18)/t12-,13+/m1/s1. The monoisotopic (exact) mass is 248 g/mol. The van der Waals surface area contributed by atoms with Crippen LogP contribution in [0.25, 0.3) is 0 Å². The molecule has 1 aliphatic heterocycles.